The minimum atomic E-state index is -0.0351. The first-order valence-corrected chi connectivity index (χ1v) is 5.49. The predicted octanol–water partition coefficient (Wildman–Crippen LogP) is 0.472. The molecule has 0 bridgehead atoms. The lowest BCUT2D eigenvalue weighted by molar-refractivity contribution is -0.120. The predicted molar refractivity (Wildman–Crippen MR) is 63.2 cm³/mol. The molecule has 0 aromatic carbocycles. The number of rotatable bonds is 6. The third-order valence-electron chi connectivity index (χ3n) is 1.78. The van der Waals surface area contributed by atoms with Crippen LogP contribution in [0.15, 0.2) is 0 Å². The van der Waals surface area contributed by atoms with Crippen molar-refractivity contribution in [1.82, 2.24) is 20.3 Å². The van der Waals surface area contributed by atoms with E-state index in [4.69, 9.17) is 16.3 Å². The Kier molecular flexibility index (Phi) is 5.41. The fraction of sp³-hybridized carbons (Fsp3) is 0.556. The molecule has 1 rings (SSSR count). The molecular weight excluding hydrogens is 246 g/mol. The molecule has 0 spiro atoms. The van der Waals surface area contributed by atoms with Gasteiger partial charge in [0.25, 0.3) is 0 Å². The largest absolute Gasteiger partial charge is 0.467 e. The molecule has 0 aliphatic rings. The number of ether oxygens (including phenoxy) is 1. The number of nitrogens with zero attached hydrogens (tertiary/aromatic N) is 3. The Bertz CT molecular complexity index is 388. The molecule has 0 unspecified atom stereocenters. The summed E-state index contributed by atoms with van der Waals surface area (Å²) in [5.74, 6) is 0.248. The molecule has 0 saturated heterocycles. The second kappa shape index (κ2) is 6.85. The Balaban J connectivity index is 2.46. The van der Waals surface area contributed by atoms with Gasteiger partial charge >= 0.3 is 6.01 Å². The summed E-state index contributed by atoms with van der Waals surface area (Å²) >= 11 is 5.66. The second-order valence-corrected chi connectivity index (χ2v) is 3.38. The fourth-order valence-electron chi connectivity index (χ4n) is 1.08. The first-order chi connectivity index (χ1) is 8.15. The first kappa shape index (κ1) is 13.4. The second-order valence-electron chi connectivity index (χ2n) is 3.05. The van der Waals surface area contributed by atoms with Crippen molar-refractivity contribution in [3.05, 3.63) is 5.28 Å². The number of hydrogen-bond donors (Lipinski definition) is 2. The van der Waals surface area contributed by atoms with Crippen molar-refractivity contribution in [2.24, 2.45) is 0 Å². The first-order valence-electron chi connectivity index (χ1n) is 5.11. The Hall–Kier alpha value is -1.63. The van der Waals surface area contributed by atoms with Crippen LogP contribution in [-0.4, -0.2) is 41.1 Å². The van der Waals surface area contributed by atoms with Gasteiger partial charge in [-0.3, -0.25) is 4.79 Å². The van der Waals surface area contributed by atoms with Crippen molar-refractivity contribution in [2.75, 3.05) is 25.5 Å². The van der Waals surface area contributed by atoms with Gasteiger partial charge in [-0.05, 0) is 18.5 Å². The van der Waals surface area contributed by atoms with Crippen molar-refractivity contribution in [1.29, 1.82) is 0 Å². The summed E-state index contributed by atoms with van der Waals surface area (Å²) in [5, 5.41) is 5.58. The summed E-state index contributed by atoms with van der Waals surface area (Å²) < 4.78 is 4.84. The van der Waals surface area contributed by atoms with E-state index in [2.05, 4.69) is 25.6 Å². The Morgan fingerprint density at radius 3 is 2.82 bits per heavy atom. The maximum absolute atomic E-state index is 11.2. The highest BCUT2D eigenvalue weighted by molar-refractivity contribution is 6.28. The maximum atomic E-state index is 11.2. The van der Waals surface area contributed by atoms with Gasteiger partial charge in [0.2, 0.25) is 17.1 Å². The van der Waals surface area contributed by atoms with Gasteiger partial charge in [0.05, 0.1) is 7.11 Å². The Morgan fingerprint density at radius 2 is 2.18 bits per heavy atom. The number of nitrogens with one attached hydrogen (secondary N) is 2. The molecule has 0 aliphatic heterocycles. The molecule has 0 atom stereocenters. The third-order valence-corrected chi connectivity index (χ3v) is 1.95. The van der Waals surface area contributed by atoms with Crippen LogP contribution < -0.4 is 15.4 Å². The molecule has 0 fully saturated rings. The Morgan fingerprint density at radius 1 is 1.41 bits per heavy atom. The van der Waals surface area contributed by atoms with Gasteiger partial charge in [0.15, 0.2) is 0 Å². The summed E-state index contributed by atoms with van der Waals surface area (Å²) in [5.41, 5.74) is 0. The van der Waals surface area contributed by atoms with Crippen molar-refractivity contribution < 1.29 is 9.53 Å². The van der Waals surface area contributed by atoms with Crippen LogP contribution in [0.1, 0.15) is 13.3 Å². The maximum Gasteiger partial charge on any atom is 0.322 e. The number of anilines is 1. The van der Waals surface area contributed by atoms with E-state index in [1.807, 2.05) is 6.92 Å². The van der Waals surface area contributed by atoms with Crippen LogP contribution in [0.25, 0.3) is 0 Å². The fourth-order valence-corrected chi connectivity index (χ4v) is 1.23. The normalized spacial score (nSPS) is 9.82. The zero-order valence-electron chi connectivity index (χ0n) is 9.66. The molecule has 0 saturated carbocycles. The monoisotopic (exact) mass is 259 g/mol. The van der Waals surface area contributed by atoms with Crippen molar-refractivity contribution in [3.63, 3.8) is 0 Å². The van der Waals surface area contributed by atoms with Gasteiger partial charge < -0.3 is 15.4 Å². The lowest BCUT2D eigenvalue weighted by Crippen LogP contribution is -2.25. The number of amides is 1. The summed E-state index contributed by atoms with van der Waals surface area (Å²) in [6.45, 7) is 2.89. The summed E-state index contributed by atoms with van der Waals surface area (Å²) in [7, 11) is 1.43. The number of carbonyl (C=O) groups is 1. The van der Waals surface area contributed by atoms with E-state index in [9.17, 15) is 4.79 Å². The van der Waals surface area contributed by atoms with Gasteiger partial charge in [0, 0.05) is 19.5 Å². The molecule has 8 heteroatoms. The van der Waals surface area contributed by atoms with Crippen LogP contribution in [0.4, 0.5) is 5.95 Å². The molecule has 0 radical (unpaired) electrons. The number of methoxy groups -OCH3 is 1. The molecule has 1 aromatic rings. The zero-order valence-corrected chi connectivity index (χ0v) is 10.4. The SMILES string of the molecule is CCNC(=O)CCNc1nc(Cl)nc(OC)n1. The molecule has 1 heterocycles. The van der Waals surface area contributed by atoms with E-state index >= 15 is 0 Å². The van der Waals surface area contributed by atoms with Gasteiger partial charge in [-0.2, -0.15) is 15.0 Å². The quantitative estimate of drug-likeness (QED) is 0.772. The highest BCUT2D eigenvalue weighted by Gasteiger charge is 2.05. The molecule has 2 N–H and O–H groups in total. The van der Waals surface area contributed by atoms with Gasteiger partial charge in [0.1, 0.15) is 0 Å². The third kappa shape index (κ3) is 4.81. The number of hydrogen-bond acceptors (Lipinski definition) is 6. The lowest BCUT2D eigenvalue weighted by Gasteiger charge is -2.05. The summed E-state index contributed by atoms with van der Waals surface area (Å²) in [6, 6.07) is 0.130. The number of halogens is 1. The Labute approximate surface area is 104 Å². The molecule has 1 amide bonds. The van der Waals surface area contributed by atoms with E-state index in [1.165, 1.54) is 7.11 Å². The van der Waals surface area contributed by atoms with E-state index in [0.29, 0.717) is 19.5 Å². The van der Waals surface area contributed by atoms with Crippen LogP contribution in [0.2, 0.25) is 5.28 Å². The van der Waals surface area contributed by atoms with Crippen LogP contribution in [-0.2, 0) is 4.79 Å². The van der Waals surface area contributed by atoms with Crippen molar-refractivity contribution >= 4 is 23.5 Å². The van der Waals surface area contributed by atoms with E-state index in [0.717, 1.165) is 0 Å². The van der Waals surface area contributed by atoms with E-state index < -0.39 is 0 Å². The molecule has 0 aliphatic carbocycles. The van der Waals surface area contributed by atoms with Crippen LogP contribution >= 0.6 is 11.6 Å². The topological polar surface area (TPSA) is 89.0 Å². The highest BCUT2D eigenvalue weighted by Crippen LogP contribution is 2.10. The average Bonchev–Trinajstić information content (AvgIpc) is 2.28. The van der Waals surface area contributed by atoms with Crippen LogP contribution in [0, 0.1) is 0 Å². The van der Waals surface area contributed by atoms with Crippen LogP contribution in [0.5, 0.6) is 6.01 Å². The zero-order chi connectivity index (χ0) is 12.7. The van der Waals surface area contributed by atoms with Gasteiger partial charge in [-0.15, -0.1) is 0 Å². The molecule has 94 valence electrons. The smallest absolute Gasteiger partial charge is 0.322 e. The summed E-state index contributed by atoms with van der Waals surface area (Å²) in [4.78, 5) is 22.7. The molecule has 1 aromatic heterocycles. The lowest BCUT2D eigenvalue weighted by atomic mass is 10.4. The van der Waals surface area contributed by atoms with Crippen molar-refractivity contribution in [2.45, 2.75) is 13.3 Å². The number of aromatic nitrogens is 3. The van der Waals surface area contributed by atoms with E-state index in [1.54, 1.807) is 0 Å². The van der Waals surface area contributed by atoms with Gasteiger partial charge in [-0.1, -0.05) is 0 Å². The highest BCUT2D eigenvalue weighted by atomic mass is 35.5. The minimum Gasteiger partial charge on any atom is -0.467 e. The summed E-state index contributed by atoms with van der Waals surface area (Å²) in [6.07, 6.45) is 0.333. The molecule has 7 nitrogen and oxygen atoms in total. The number of carbonyl (C=O) groups excluding carboxylic acids is 1. The van der Waals surface area contributed by atoms with Crippen molar-refractivity contribution in [3.8, 4) is 6.01 Å². The standard InChI is InChI=1S/C9H14ClN5O2/c1-3-11-6(16)4-5-12-8-13-7(10)14-9(15-8)17-2/h3-5H2,1-2H3,(H,11,16)(H,12,13,14,15). The molecular formula is C9H14ClN5O2. The van der Waals surface area contributed by atoms with Gasteiger partial charge in [-0.25, -0.2) is 0 Å². The van der Waals surface area contributed by atoms with E-state index in [-0.39, 0.29) is 23.1 Å². The molecule has 17 heavy (non-hydrogen) atoms. The van der Waals surface area contributed by atoms with Crippen LogP contribution in [0.3, 0.4) is 0 Å². The minimum absolute atomic E-state index is 0.0351. The average molecular weight is 260 g/mol.